The van der Waals surface area contributed by atoms with Crippen molar-refractivity contribution < 1.29 is 4.79 Å². The molecule has 110 valence electrons. The molecular formula is C14H28N4O. The van der Waals surface area contributed by atoms with Crippen molar-refractivity contribution in [3.63, 3.8) is 0 Å². The van der Waals surface area contributed by atoms with Crippen LogP contribution >= 0.6 is 0 Å². The number of carbonyl (C=O) groups excluding carboxylic acids is 1. The van der Waals surface area contributed by atoms with Crippen LogP contribution in [0.25, 0.3) is 0 Å². The molecular weight excluding hydrogens is 240 g/mol. The minimum absolute atomic E-state index is 0.147. The first-order valence-electron chi connectivity index (χ1n) is 7.64. The van der Waals surface area contributed by atoms with E-state index in [-0.39, 0.29) is 6.04 Å². The normalized spacial score (nSPS) is 26.9. The van der Waals surface area contributed by atoms with Crippen LogP contribution in [0, 0.1) is 0 Å². The molecule has 1 unspecified atom stereocenters. The Bertz CT molecular complexity index is 297. The first-order valence-corrected chi connectivity index (χ1v) is 7.64. The maximum Gasteiger partial charge on any atom is 0.239 e. The maximum atomic E-state index is 12.1. The smallest absolute Gasteiger partial charge is 0.239 e. The molecule has 0 radical (unpaired) electrons. The van der Waals surface area contributed by atoms with Crippen molar-refractivity contribution in [3.8, 4) is 0 Å². The lowest BCUT2D eigenvalue weighted by Gasteiger charge is -2.26. The van der Waals surface area contributed by atoms with E-state index in [9.17, 15) is 4.79 Å². The van der Waals surface area contributed by atoms with E-state index >= 15 is 0 Å². The maximum absolute atomic E-state index is 12.1. The number of carbonyl (C=O) groups is 1. The summed E-state index contributed by atoms with van der Waals surface area (Å²) in [6, 6.07) is 0.147. The number of likely N-dealkylation sites (N-methyl/N-ethyl adjacent to an activating group) is 1. The third kappa shape index (κ3) is 3.91. The van der Waals surface area contributed by atoms with E-state index in [1.807, 2.05) is 11.9 Å². The van der Waals surface area contributed by atoms with Crippen molar-refractivity contribution in [1.29, 1.82) is 0 Å². The van der Waals surface area contributed by atoms with Gasteiger partial charge in [-0.15, -0.1) is 0 Å². The average molecular weight is 268 g/mol. The molecule has 0 aromatic rings. The van der Waals surface area contributed by atoms with E-state index in [0.29, 0.717) is 5.91 Å². The van der Waals surface area contributed by atoms with Gasteiger partial charge in [-0.2, -0.15) is 0 Å². The predicted molar refractivity (Wildman–Crippen MR) is 77.0 cm³/mol. The third-order valence-corrected chi connectivity index (χ3v) is 4.39. The molecule has 2 aliphatic heterocycles. The molecule has 0 bridgehead atoms. The molecule has 5 nitrogen and oxygen atoms in total. The van der Waals surface area contributed by atoms with Gasteiger partial charge in [0.2, 0.25) is 5.91 Å². The van der Waals surface area contributed by atoms with Gasteiger partial charge in [0.1, 0.15) is 0 Å². The Labute approximate surface area is 116 Å². The molecule has 2 fully saturated rings. The van der Waals surface area contributed by atoms with Crippen LogP contribution in [-0.4, -0.2) is 79.5 Å². The van der Waals surface area contributed by atoms with E-state index in [2.05, 4.69) is 9.80 Å². The lowest BCUT2D eigenvalue weighted by molar-refractivity contribution is -0.131. The molecule has 0 aromatic carbocycles. The number of hydrogen-bond acceptors (Lipinski definition) is 4. The SMILES string of the molecule is CN1CCC(N2CCCN(CCCCN)CC2)C1=O. The zero-order valence-electron chi connectivity index (χ0n) is 12.2. The van der Waals surface area contributed by atoms with Gasteiger partial charge in [0.05, 0.1) is 6.04 Å². The van der Waals surface area contributed by atoms with Crippen LogP contribution < -0.4 is 5.73 Å². The van der Waals surface area contributed by atoms with E-state index in [0.717, 1.165) is 58.7 Å². The van der Waals surface area contributed by atoms with Gasteiger partial charge in [-0.25, -0.2) is 0 Å². The topological polar surface area (TPSA) is 52.8 Å². The monoisotopic (exact) mass is 268 g/mol. The quantitative estimate of drug-likeness (QED) is 0.711. The molecule has 19 heavy (non-hydrogen) atoms. The lowest BCUT2D eigenvalue weighted by Crippen LogP contribution is -2.43. The Kier molecular flexibility index (Phi) is 5.60. The molecule has 2 rings (SSSR count). The van der Waals surface area contributed by atoms with Crippen molar-refractivity contribution >= 4 is 5.91 Å². The van der Waals surface area contributed by atoms with Crippen molar-refractivity contribution in [2.45, 2.75) is 31.7 Å². The Morgan fingerprint density at radius 1 is 1.16 bits per heavy atom. The highest BCUT2D eigenvalue weighted by Gasteiger charge is 2.34. The number of rotatable bonds is 5. The molecule has 2 saturated heterocycles. The van der Waals surface area contributed by atoms with E-state index in [1.165, 1.54) is 12.8 Å². The zero-order chi connectivity index (χ0) is 13.7. The summed E-state index contributed by atoms with van der Waals surface area (Å²) in [5.41, 5.74) is 5.54. The van der Waals surface area contributed by atoms with E-state index in [4.69, 9.17) is 5.73 Å². The summed E-state index contributed by atoms with van der Waals surface area (Å²) in [7, 11) is 1.92. The van der Waals surface area contributed by atoms with Crippen LogP contribution in [0.4, 0.5) is 0 Å². The molecule has 0 saturated carbocycles. The van der Waals surface area contributed by atoms with Crippen LogP contribution in [0.15, 0.2) is 0 Å². The van der Waals surface area contributed by atoms with Crippen LogP contribution in [0.3, 0.4) is 0 Å². The molecule has 1 amide bonds. The minimum Gasteiger partial charge on any atom is -0.344 e. The molecule has 0 aromatic heterocycles. The van der Waals surface area contributed by atoms with Crippen LogP contribution in [0.1, 0.15) is 25.7 Å². The molecule has 2 heterocycles. The second-order valence-corrected chi connectivity index (χ2v) is 5.79. The molecule has 1 atom stereocenters. The van der Waals surface area contributed by atoms with E-state index < -0.39 is 0 Å². The fraction of sp³-hybridized carbons (Fsp3) is 0.929. The predicted octanol–water partition coefficient (Wildman–Crippen LogP) is -0.0363. The fourth-order valence-corrected chi connectivity index (χ4v) is 3.15. The van der Waals surface area contributed by atoms with Gasteiger partial charge in [-0.05, 0) is 45.3 Å². The van der Waals surface area contributed by atoms with Crippen molar-refractivity contribution in [3.05, 3.63) is 0 Å². The van der Waals surface area contributed by atoms with Crippen LogP contribution in [0.2, 0.25) is 0 Å². The Morgan fingerprint density at radius 3 is 2.68 bits per heavy atom. The largest absolute Gasteiger partial charge is 0.344 e. The van der Waals surface area contributed by atoms with Gasteiger partial charge < -0.3 is 15.5 Å². The Balaban J connectivity index is 1.78. The summed E-state index contributed by atoms with van der Waals surface area (Å²) in [5.74, 6) is 0.316. The Hall–Kier alpha value is -0.650. The third-order valence-electron chi connectivity index (χ3n) is 4.39. The van der Waals surface area contributed by atoms with Gasteiger partial charge in [0, 0.05) is 33.2 Å². The summed E-state index contributed by atoms with van der Waals surface area (Å²) >= 11 is 0. The van der Waals surface area contributed by atoms with Gasteiger partial charge in [0.15, 0.2) is 0 Å². The highest BCUT2D eigenvalue weighted by atomic mass is 16.2. The summed E-state index contributed by atoms with van der Waals surface area (Å²) in [5, 5.41) is 0. The van der Waals surface area contributed by atoms with Crippen LogP contribution in [0.5, 0.6) is 0 Å². The number of hydrogen-bond donors (Lipinski definition) is 1. The zero-order valence-corrected chi connectivity index (χ0v) is 12.2. The lowest BCUT2D eigenvalue weighted by atomic mass is 10.2. The molecule has 5 heteroatoms. The number of nitrogens with two attached hydrogens (primary N) is 1. The van der Waals surface area contributed by atoms with Gasteiger partial charge in [0.25, 0.3) is 0 Å². The standard InChI is InChI=1S/C14H28N4O/c1-16-10-5-13(14(16)19)18-9-4-8-17(11-12-18)7-3-2-6-15/h13H,2-12,15H2,1H3. The second kappa shape index (κ2) is 7.22. The molecule has 0 aliphatic carbocycles. The molecule has 2 N–H and O–H groups in total. The number of nitrogens with zero attached hydrogens (tertiary/aromatic N) is 3. The number of unbranched alkanes of at least 4 members (excludes halogenated alkanes) is 1. The Morgan fingerprint density at radius 2 is 2.00 bits per heavy atom. The first kappa shape index (κ1) is 14.8. The highest BCUT2D eigenvalue weighted by Crippen LogP contribution is 2.17. The van der Waals surface area contributed by atoms with Gasteiger partial charge in [-0.3, -0.25) is 9.69 Å². The van der Waals surface area contributed by atoms with Crippen molar-refractivity contribution in [2.75, 3.05) is 52.9 Å². The summed E-state index contributed by atoms with van der Waals surface area (Å²) in [4.78, 5) is 18.9. The van der Waals surface area contributed by atoms with Gasteiger partial charge in [-0.1, -0.05) is 0 Å². The summed E-state index contributed by atoms with van der Waals surface area (Å²) in [6.07, 6.45) is 4.49. The molecule has 0 spiro atoms. The fourth-order valence-electron chi connectivity index (χ4n) is 3.15. The van der Waals surface area contributed by atoms with Crippen molar-refractivity contribution in [2.24, 2.45) is 5.73 Å². The number of likely N-dealkylation sites (tertiary alicyclic amines) is 1. The number of amides is 1. The first-order chi connectivity index (χ1) is 9.22. The minimum atomic E-state index is 0.147. The van der Waals surface area contributed by atoms with E-state index in [1.54, 1.807) is 0 Å². The molecule has 2 aliphatic rings. The van der Waals surface area contributed by atoms with Crippen LogP contribution in [-0.2, 0) is 4.79 Å². The average Bonchev–Trinajstić information content (AvgIpc) is 2.63. The second-order valence-electron chi connectivity index (χ2n) is 5.79. The summed E-state index contributed by atoms with van der Waals surface area (Å²) < 4.78 is 0. The summed E-state index contributed by atoms with van der Waals surface area (Å²) in [6.45, 7) is 7.23. The van der Waals surface area contributed by atoms with Gasteiger partial charge >= 0.3 is 0 Å². The van der Waals surface area contributed by atoms with Crippen molar-refractivity contribution in [1.82, 2.24) is 14.7 Å². The highest BCUT2D eigenvalue weighted by molar-refractivity contribution is 5.83.